The maximum atomic E-state index is 13.0. The molecular weight excluding hydrogens is 217 g/mol. The maximum Gasteiger partial charge on any atom is 0.568 e. The molecule has 1 rings (SSSR count). The van der Waals surface area contributed by atoms with E-state index in [2.05, 4.69) is 4.65 Å². The first-order chi connectivity index (χ1) is 7.64. The number of rotatable bonds is 6. The predicted molar refractivity (Wildman–Crippen MR) is 55.1 cm³/mol. The summed E-state index contributed by atoms with van der Waals surface area (Å²) in [4.78, 5) is 0. The first kappa shape index (κ1) is 12.5. The van der Waals surface area contributed by atoms with Crippen LogP contribution >= 0.6 is 0 Å². The third-order valence-electron chi connectivity index (χ3n) is 1.63. The van der Waals surface area contributed by atoms with Crippen molar-refractivity contribution in [2.75, 3.05) is 6.61 Å². The maximum absolute atomic E-state index is 13.0. The van der Waals surface area contributed by atoms with E-state index in [0.717, 1.165) is 0 Å². The Bertz CT molecular complexity index is 330. The fourth-order valence-electron chi connectivity index (χ4n) is 0.918. The molecule has 0 bridgehead atoms. The summed E-state index contributed by atoms with van der Waals surface area (Å²) >= 11 is 0. The third-order valence-corrected chi connectivity index (χ3v) is 1.63. The SMILES string of the molecule is O[B]O/C=C/C(F)(F)COc1ccccc1. The number of hydrogen-bond acceptors (Lipinski definition) is 3. The number of hydrogen-bond donors (Lipinski definition) is 1. The average molecular weight is 227 g/mol. The highest BCUT2D eigenvalue weighted by atomic mass is 19.3. The lowest BCUT2D eigenvalue weighted by molar-refractivity contribution is 0.00377. The second-order valence-electron chi connectivity index (χ2n) is 2.91. The highest BCUT2D eigenvalue weighted by molar-refractivity contribution is 6.16. The molecule has 6 heteroatoms. The van der Waals surface area contributed by atoms with Gasteiger partial charge in [0.25, 0.3) is 0 Å². The van der Waals surface area contributed by atoms with Gasteiger partial charge in [0.05, 0.1) is 6.26 Å². The van der Waals surface area contributed by atoms with Crippen molar-refractivity contribution in [3.63, 3.8) is 0 Å². The van der Waals surface area contributed by atoms with Gasteiger partial charge in [0.15, 0.2) is 6.61 Å². The Kier molecular flexibility index (Phi) is 4.79. The molecule has 1 aromatic rings. The molecule has 0 saturated heterocycles. The molecule has 0 saturated carbocycles. The number of halogens is 2. The Labute approximate surface area is 92.6 Å². The lowest BCUT2D eigenvalue weighted by Gasteiger charge is -2.12. The van der Waals surface area contributed by atoms with Crippen LogP contribution in [0.4, 0.5) is 8.78 Å². The summed E-state index contributed by atoms with van der Waals surface area (Å²) in [6, 6.07) is 8.30. The molecule has 16 heavy (non-hydrogen) atoms. The van der Waals surface area contributed by atoms with Crippen molar-refractivity contribution < 1.29 is 23.2 Å². The van der Waals surface area contributed by atoms with Gasteiger partial charge in [-0.2, -0.15) is 8.78 Å². The molecule has 0 atom stereocenters. The van der Waals surface area contributed by atoms with Crippen molar-refractivity contribution in [3.05, 3.63) is 42.7 Å². The quantitative estimate of drug-likeness (QED) is 0.594. The van der Waals surface area contributed by atoms with Crippen LogP contribution in [0.15, 0.2) is 42.7 Å². The minimum absolute atomic E-state index is 0.310. The molecular formula is C10H10BF2O3. The fourth-order valence-corrected chi connectivity index (χ4v) is 0.918. The highest BCUT2D eigenvalue weighted by Crippen LogP contribution is 2.18. The molecule has 0 amide bonds. The zero-order chi connectivity index (χ0) is 11.9. The van der Waals surface area contributed by atoms with Crippen molar-refractivity contribution in [1.82, 2.24) is 0 Å². The lowest BCUT2D eigenvalue weighted by atomic mass is 10.3. The van der Waals surface area contributed by atoms with E-state index in [1.807, 2.05) is 0 Å². The Morgan fingerprint density at radius 2 is 2.00 bits per heavy atom. The monoisotopic (exact) mass is 227 g/mol. The van der Waals surface area contributed by atoms with Crippen molar-refractivity contribution >= 4 is 7.69 Å². The summed E-state index contributed by atoms with van der Waals surface area (Å²) in [5.41, 5.74) is 0. The van der Waals surface area contributed by atoms with Gasteiger partial charge >= 0.3 is 13.6 Å². The Morgan fingerprint density at radius 3 is 2.62 bits per heavy atom. The van der Waals surface area contributed by atoms with Crippen LogP contribution in [0.2, 0.25) is 0 Å². The van der Waals surface area contributed by atoms with Gasteiger partial charge in [-0.1, -0.05) is 18.2 Å². The fraction of sp³-hybridized carbons (Fsp3) is 0.200. The molecule has 0 aliphatic rings. The van der Waals surface area contributed by atoms with Crippen LogP contribution in [0, 0.1) is 0 Å². The summed E-state index contributed by atoms with van der Waals surface area (Å²) in [5, 5.41) is 8.10. The van der Waals surface area contributed by atoms with Gasteiger partial charge < -0.3 is 14.4 Å². The van der Waals surface area contributed by atoms with E-state index in [0.29, 0.717) is 25.8 Å². The van der Waals surface area contributed by atoms with Gasteiger partial charge in [0, 0.05) is 6.08 Å². The van der Waals surface area contributed by atoms with Gasteiger partial charge in [-0.25, -0.2) is 0 Å². The normalized spacial score (nSPS) is 11.4. The number of alkyl halides is 2. The number of para-hydroxylation sites is 1. The largest absolute Gasteiger partial charge is 0.568 e. The summed E-state index contributed by atoms with van der Waals surface area (Å²) in [5.74, 6) is -2.79. The van der Waals surface area contributed by atoms with Crippen molar-refractivity contribution in [2.45, 2.75) is 5.92 Å². The van der Waals surface area contributed by atoms with E-state index >= 15 is 0 Å². The van der Waals surface area contributed by atoms with Crippen molar-refractivity contribution in [2.24, 2.45) is 0 Å². The van der Waals surface area contributed by atoms with Crippen LogP contribution in [0.3, 0.4) is 0 Å². The Hall–Kier alpha value is -1.56. The van der Waals surface area contributed by atoms with Crippen LogP contribution < -0.4 is 4.74 Å². The predicted octanol–water partition coefficient (Wildman–Crippen LogP) is 1.76. The smallest absolute Gasteiger partial charge is 0.543 e. The van der Waals surface area contributed by atoms with Crippen LogP contribution in [-0.2, 0) is 4.65 Å². The average Bonchev–Trinajstić information content (AvgIpc) is 2.28. The first-order valence-corrected chi connectivity index (χ1v) is 4.49. The molecule has 0 aliphatic carbocycles. The molecule has 3 nitrogen and oxygen atoms in total. The van der Waals surface area contributed by atoms with Crippen molar-refractivity contribution in [3.8, 4) is 5.75 Å². The van der Waals surface area contributed by atoms with E-state index in [1.54, 1.807) is 30.3 Å². The molecule has 1 aromatic carbocycles. The van der Waals surface area contributed by atoms with E-state index in [-0.39, 0.29) is 0 Å². The highest BCUT2D eigenvalue weighted by Gasteiger charge is 2.26. The van der Waals surface area contributed by atoms with Crippen molar-refractivity contribution in [1.29, 1.82) is 0 Å². The molecule has 0 unspecified atom stereocenters. The zero-order valence-electron chi connectivity index (χ0n) is 8.35. The van der Waals surface area contributed by atoms with E-state index in [4.69, 9.17) is 9.76 Å². The van der Waals surface area contributed by atoms with E-state index < -0.39 is 12.5 Å². The van der Waals surface area contributed by atoms with Gasteiger partial charge in [0.1, 0.15) is 5.75 Å². The summed E-state index contributed by atoms with van der Waals surface area (Å²) in [6.45, 7) is -0.789. The molecule has 0 spiro atoms. The molecule has 0 aromatic heterocycles. The Balaban J connectivity index is 2.41. The van der Waals surface area contributed by atoms with Gasteiger partial charge in [0.2, 0.25) is 0 Å². The topological polar surface area (TPSA) is 38.7 Å². The number of benzene rings is 1. The molecule has 0 fully saturated rings. The molecule has 1 radical (unpaired) electrons. The summed E-state index contributed by atoms with van der Waals surface area (Å²) < 4.78 is 35.1. The van der Waals surface area contributed by atoms with E-state index in [1.165, 1.54) is 0 Å². The second-order valence-corrected chi connectivity index (χ2v) is 2.91. The Morgan fingerprint density at radius 1 is 1.31 bits per heavy atom. The van der Waals surface area contributed by atoms with Crippen LogP contribution in [0.1, 0.15) is 0 Å². The van der Waals surface area contributed by atoms with Crippen LogP contribution in [0.25, 0.3) is 0 Å². The minimum Gasteiger partial charge on any atom is -0.543 e. The van der Waals surface area contributed by atoms with Crippen LogP contribution in [-0.4, -0.2) is 25.2 Å². The molecule has 1 N–H and O–H groups in total. The standard InChI is InChI=1S/C10H10BF2O3/c12-10(13,6-7-16-11-14)8-15-9-4-2-1-3-5-9/h1-7,14H,8H2/b7-6+. The van der Waals surface area contributed by atoms with E-state index in [9.17, 15) is 8.78 Å². The summed E-state index contributed by atoms with van der Waals surface area (Å²) in [7, 11) is 0.310. The first-order valence-electron chi connectivity index (χ1n) is 4.49. The van der Waals surface area contributed by atoms with Gasteiger partial charge in [-0.05, 0) is 12.1 Å². The molecule has 0 heterocycles. The van der Waals surface area contributed by atoms with Gasteiger partial charge in [-0.15, -0.1) is 0 Å². The number of ether oxygens (including phenoxy) is 1. The third kappa shape index (κ3) is 4.79. The lowest BCUT2D eigenvalue weighted by Crippen LogP contribution is -2.23. The molecule has 85 valence electrons. The van der Waals surface area contributed by atoms with Crippen LogP contribution in [0.5, 0.6) is 5.75 Å². The van der Waals surface area contributed by atoms with Gasteiger partial charge in [-0.3, -0.25) is 0 Å². The zero-order valence-corrected chi connectivity index (χ0v) is 8.35. The molecule has 0 aliphatic heterocycles. The minimum atomic E-state index is -3.15. The second kappa shape index (κ2) is 6.12. The summed E-state index contributed by atoms with van der Waals surface area (Å²) in [6.07, 6.45) is 1.19.